The van der Waals surface area contributed by atoms with Gasteiger partial charge in [0.15, 0.2) is 0 Å². The van der Waals surface area contributed by atoms with E-state index in [0.29, 0.717) is 57.4 Å². The fourth-order valence-electron chi connectivity index (χ4n) is 5.19. The second-order valence-electron chi connectivity index (χ2n) is 10.6. The van der Waals surface area contributed by atoms with E-state index in [0.717, 1.165) is 30.8 Å². The van der Waals surface area contributed by atoms with Gasteiger partial charge in [-0.2, -0.15) is 0 Å². The summed E-state index contributed by atoms with van der Waals surface area (Å²) >= 11 is 6.09. The van der Waals surface area contributed by atoms with Crippen LogP contribution in [0.1, 0.15) is 51.3 Å². The maximum Gasteiger partial charge on any atom is 0.258 e. The van der Waals surface area contributed by atoms with Crippen molar-refractivity contribution in [3.8, 4) is 0 Å². The van der Waals surface area contributed by atoms with Crippen molar-refractivity contribution in [2.24, 2.45) is 0 Å². The van der Waals surface area contributed by atoms with E-state index in [-0.39, 0.29) is 17.7 Å². The second-order valence-corrected chi connectivity index (χ2v) is 11.1. The fourth-order valence-corrected chi connectivity index (χ4v) is 5.40. The monoisotopic (exact) mass is 621 g/mol. The van der Waals surface area contributed by atoms with Crippen LogP contribution in [-0.2, 0) is 11.3 Å². The van der Waals surface area contributed by atoms with Gasteiger partial charge >= 0.3 is 0 Å². The molecule has 5 rings (SSSR count). The van der Waals surface area contributed by atoms with Crippen molar-refractivity contribution in [3.63, 3.8) is 0 Å². The van der Waals surface area contributed by atoms with Crippen LogP contribution in [0.4, 0.5) is 11.4 Å². The van der Waals surface area contributed by atoms with Crippen LogP contribution >= 0.6 is 11.6 Å². The molecular formula is C36H36ClN5O3. The zero-order valence-electron chi connectivity index (χ0n) is 25.3. The van der Waals surface area contributed by atoms with Crippen molar-refractivity contribution in [3.05, 3.63) is 130 Å². The van der Waals surface area contributed by atoms with E-state index in [2.05, 4.69) is 40.0 Å². The number of carbonyl (C=O) groups excluding carboxylic acids is 3. The molecule has 9 heteroatoms. The summed E-state index contributed by atoms with van der Waals surface area (Å²) in [5, 5.41) is 12.9. The largest absolute Gasteiger partial charge is 0.354 e. The smallest absolute Gasteiger partial charge is 0.258 e. The Labute approximate surface area is 268 Å². The van der Waals surface area contributed by atoms with Gasteiger partial charge in [-0.1, -0.05) is 67.9 Å². The average Bonchev–Trinajstić information content (AvgIpc) is 3.39. The van der Waals surface area contributed by atoms with Gasteiger partial charge in [0, 0.05) is 52.7 Å². The first-order chi connectivity index (χ1) is 21.9. The molecule has 0 fully saturated rings. The molecule has 0 spiro atoms. The third-order valence-corrected chi connectivity index (χ3v) is 7.94. The molecule has 8 nitrogen and oxygen atoms in total. The minimum absolute atomic E-state index is 0.138. The Morgan fingerprint density at radius 3 is 2.20 bits per heavy atom. The normalized spacial score (nSPS) is 13.2. The number of halogens is 1. The number of nitrogens with zero attached hydrogens (tertiary/aromatic N) is 1. The molecule has 0 bridgehead atoms. The predicted octanol–water partition coefficient (Wildman–Crippen LogP) is 6.27. The zero-order valence-corrected chi connectivity index (χ0v) is 26.1. The molecule has 0 unspecified atom stereocenters. The Bertz CT molecular complexity index is 1720. The summed E-state index contributed by atoms with van der Waals surface area (Å²) in [6, 6.07) is 29.2. The van der Waals surface area contributed by atoms with Crippen LogP contribution < -0.4 is 21.3 Å². The summed E-state index contributed by atoms with van der Waals surface area (Å²) in [4.78, 5) is 41.5. The van der Waals surface area contributed by atoms with Crippen molar-refractivity contribution in [1.82, 2.24) is 15.5 Å². The molecule has 0 aromatic heterocycles. The van der Waals surface area contributed by atoms with Crippen molar-refractivity contribution in [2.45, 2.75) is 20.4 Å². The summed E-state index contributed by atoms with van der Waals surface area (Å²) in [6.07, 6.45) is 0. The van der Waals surface area contributed by atoms with Crippen molar-refractivity contribution < 1.29 is 14.4 Å². The lowest BCUT2D eigenvalue weighted by molar-refractivity contribution is -0.110. The molecule has 0 atom stereocenters. The number of amides is 3. The molecule has 1 aliphatic rings. The molecule has 4 aromatic rings. The fraction of sp³-hybridized carbons (Fsp3) is 0.194. The summed E-state index contributed by atoms with van der Waals surface area (Å²) in [5.74, 6) is -0.686. The average molecular weight is 622 g/mol. The van der Waals surface area contributed by atoms with E-state index < -0.39 is 0 Å². The third kappa shape index (κ3) is 7.78. The Kier molecular flexibility index (Phi) is 10.3. The van der Waals surface area contributed by atoms with Crippen LogP contribution in [0, 0.1) is 0 Å². The van der Waals surface area contributed by atoms with Gasteiger partial charge in [-0.3, -0.25) is 14.4 Å². The quantitative estimate of drug-likeness (QED) is 0.140. The zero-order chi connectivity index (χ0) is 31.8. The maximum absolute atomic E-state index is 13.4. The number of nitrogens with one attached hydrogen (secondary N) is 4. The van der Waals surface area contributed by atoms with E-state index in [9.17, 15) is 14.4 Å². The van der Waals surface area contributed by atoms with Gasteiger partial charge in [0.05, 0.1) is 11.3 Å². The van der Waals surface area contributed by atoms with Crippen LogP contribution in [0.3, 0.4) is 0 Å². The summed E-state index contributed by atoms with van der Waals surface area (Å²) in [5.41, 5.74) is 5.59. The number of hydrogen-bond donors (Lipinski definition) is 4. The molecule has 4 aromatic carbocycles. The Hall–Kier alpha value is -4.92. The highest BCUT2D eigenvalue weighted by Crippen LogP contribution is 2.38. The molecule has 0 radical (unpaired) electrons. The van der Waals surface area contributed by atoms with Crippen molar-refractivity contribution >= 4 is 52.0 Å². The standard InChI is InChI=1S/C36H36ClN5O3/c1-3-42(4-2)20-19-38-34(43)26-13-16-29(17-14-26)40-33(25-10-6-5-7-11-25)32-30-22-27(15-18-31(30)41-36(32)45)35(44)39-23-24-9-8-12-28(37)21-24/h5-18,21-22,40H,3-4,19-20,23H2,1-2H3,(H,38,43)(H,39,44)(H,41,45)/b33-32-. The van der Waals surface area contributed by atoms with Gasteiger partial charge in [0.2, 0.25) is 0 Å². The van der Waals surface area contributed by atoms with E-state index >= 15 is 0 Å². The summed E-state index contributed by atoms with van der Waals surface area (Å²) in [7, 11) is 0. The lowest BCUT2D eigenvalue weighted by Crippen LogP contribution is -2.34. The van der Waals surface area contributed by atoms with Gasteiger partial charge in [0.1, 0.15) is 0 Å². The molecule has 1 heterocycles. The summed E-state index contributed by atoms with van der Waals surface area (Å²) < 4.78 is 0. The number of hydrogen-bond acceptors (Lipinski definition) is 5. The number of fused-ring (bicyclic) bond motifs is 1. The highest BCUT2D eigenvalue weighted by Gasteiger charge is 2.29. The molecule has 45 heavy (non-hydrogen) atoms. The highest BCUT2D eigenvalue weighted by molar-refractivity contribution is 6.37. The van der Waals surface area contributed by atoms with Crippen LogP contribution in [0.5, 0.6) is 0 Å². The van der Waals surface area contributed by atoms with Crippen LogP contribution in [0.15, 0.2) is 97.1 Å². The number of anilines is 2. The second kappa shape index (κ2) is 14.7. The van der Waals surface area contributed by atoms with Gasteiger partial charge in [-0.05, 0) is 78.8 Å². The van der Waals surface area contributed by atoms with E-state index in [1.165, 1.54) is 0 Å². The number of benzene rings is 4. The highest BCUT2D eigenvalue weighted by atomic mass is 35.5. The van der Waals surface area contributed by atoms with E-state index in [1.54, 1.807) is 42.5 Å². The lowest BCUT2D eigenvalue weighted by Gasteiger charge is -2.18. The molecule has 0 saturated heterocycles. The molecule has 0 saturated carbocycles. The number of carbonyl (C=O) groups is 3. The topological polar surface area (TPSA) is 103 Å². The summed E-state index contributed by atoms with van der Waals surface area (Å²) in [6.45, 7) is 7.76. The number of rotatable bonds is 12. The minimum atomic E-state index is -0.281. The van der Waals surface area contributed by atoms with Gasteiger partial charge < -0.3 is 26.2 Å². The maximum atomic E-state index is 13.4. The SMILES string of the molecule is CCN(CC)CCNC(=O)c1ccc(N/C(=C2\C(=O)Nc3ccc(C(=O)NCc4cccc(Cl)c4)cc32)c2ccccc2)cc1. The molecule has 1 aliphatic heterocycles. The van der Waals surface area contributed by atoms with E-state index in [4.69, 9.17) is 11.6 Å². The first-order valence-corrected chi connectivity index (χ1v) is 15.4. The van der Waals surface area contributed by atoms with Gasteiger partial charge in [-0.15, -0.1) is 0 Å². The van der Waals surface area contributed by atoms with E-state index in [1.807, 2.05) is 54.6 Å². The molecule has 3 amide bonds. The van der Waals surface area contributed by atoms with Crippen LogP contribution in [-0.4, -0.2) is 48.8 Å². The van der Waals surface area contributed by atoms with Crippen molar-refractivity contribution in [2.75, 3.05) is 36.8 Å². The Morgan fingerprint density at radius 1 is 0.778 bits per heavy atom. The minimum Gasteiger partial charge on any atom is -0.354 e. The molecule has 0 aliphatic carbocycles. The van der Waals surface area contributed by atoms with Gasteiger partial charge in [0.25, 0.3) is 17.7 Å². The van der Waals surface area contributed by atoms with Crippen LogP contribution in [0.25, 0.3) is 11.3 Å². The predicted molar refractivity (Wildman–Crippen MR) is 181 cm³/mol. The molecule has 230 valence electrons. The Balaban J connectivity index is 1.39. The van der Waals surface area contributed by atoms with Crippen LogP contribution in [0.2, 0.25) is 5.02 Å². The Morgan fingerprint density at radius 2 is 1.49 bits per heavy atom. The van der Waals surface area contributed by atoms with Crippen molar-refractivity contribution in [1.29, 1.82) is 0 Å². The first kappa shape index (κ1) is 31.5. The third-order valence-electron chi connectivity index (χ3n) is 7.71. The first-order valence-electron chi connectivity index (χ1n) is 15.0. The van der Waals surface area contributed by atoms with Gasteiger partial charge in [-0.25, -0.2) is 0 Å². The molecule has 4 N–H and O–H groups in total. The molecular weight excluding hydrogens is 586 g/mol. The number of likely N-dealkylation sites (N-methyl/N-ethyl adjacent to an activating group) is 1. The lowest BCUT2D eigenvalue weighted by atomic mass is 9.98.